The standard InChI is InChI=1S/C21H30N4O4S2/c1-4-18-5-7-20(8-6-18)31(28,29)24-12-10-23(11-13-24)21-16(2)22-25(17(21)3)19-9-14-30(26,27)15-19/h5-8,19H,4,9-15H2,1-3H3. The van der Waals surface area contributed by atoms with Gasteiger partial charge in [-0.3, -0.25) is 4.68 Å². The minimum atomic E-state index is -3.51. The molecule has 0 N–H and O–H groups in total. The Kier molecular flexibility index (Phi) is 5.91. The van der Waals surface area contributed by atoms with Gasteiger partial charge in [0.2, 0.25) is 10.0 Å². The van der Waals surface area contributed by atoms with Crippen LogP contribution in [0.2, 0.25) is 0 Å². The second-order valence-electron chi connectivity index (χ2n) is 8.41. The van der Waals surface area contributed by atoms with E-state index in [4.69, 9.17) is 0 Å². The van der Waals surface area contributed by atoms with Gasteiger partial charge in [-0.1, -0.05) is 19.1 Å². The van der Waals surface area contributed by atoms with Gasteiger partial charge in [-0.25, -0.2) is 16.8 Å². The first-order valence-corrected chi connectivity index (χ1v) is 14.0. The third kappa shape index (κ3) is 4.25. The highest BCUT2D eigenvalue weighted by atomic mass is 32.2. The van der Waals surface area contributed by atoms with E-state index in [1.54, 1.807) is 16.4 Å². The van der Waals surface area contributed by atoms with Gasteiger partial charge in [0.05, 0.1) is 39.5 Å². The minimum Gasteiger partial charge on any atom is -0.366 e. The molecule has 0 spiro atoms. The molecule has 3 heterocycles. The highest BCUT2D eigenvalue weighted by Crippen LogP contribution is 2.32. The van der Waals surface area contributed by atoms with Gasteiger partial charge in [0.25, 0.3) is 0 Å². The number of aryl methyl sites for hydroxylation is 2. The monoisotopic (exact) mass is 466 g/mol. The lowest BCUT2D eigenvalue weighted by molar-refractivity contribution is 0.384. The molecule has 1 unspecified atom stereocenters. The van der Waals surface area contributed by atoms with Crippen molar-refractivity contribution in [2.45, 2.75) is 44.6 Å². The van der Waals surface area contributed by atoms with E-state index in [1.807, 2.05) is 37.6 Å². The van der Waals surface area contributed by atoms with E-state index in [-0.39, 0.29) is 17.5 Å². The first kappa shape index (κ1) is 22.3. The van der Waals surface area contributed by atoms with Crippen LogP contribution in [0.15, 0.2) is 29.2 Å². The Labute approximate surface area is 184 Å². The highest BCUT2D eigenvalue weighted by Gasteiger charge is 2.34. The van der Waals surface area contributed by atoms with Crippen molar-refractivity contribution in [2.24, 2.45) is 0 Å². The summed E-state index contributed by atoms with van der Waals surface area (Å²) in [4.78, 5) is 2.50. The van der Waals surface area contributed by atoms with Crippen molar-refractivity contribution in [1.29, 1.82) is 0 Å². The summed E-state index contributed by atoms with van der Waals surface area (Å²) in [5, 5.41) is 4.64. The zero-order valence-electron chi connectivity index (χ0n) is 18.3. The molecule has 2 saturated heterocycles. The van der Waals surface area contributed by atoms with Gasteiger partial charge in [0.1, 0.15) is 0 Å². The van der Waals surface area contributed by atoms with Gasteiger partial charge in [-0.05, 0) is 44.4 Å². The lowest BCUT2D eigenvalue weighted by Crippen LogP contribution is -2.49. The van der Waals surface area contributed by atoms with Gasteiger partial charge in [0.15, 0.2) is 9.84 Å². The molecule has 2 aromatic rings. The summed E-state index contributed by atoms with van der Waals surface area (Å²) >= 11 is 0. The smallest absolute Gasteiger partial charge is 0.243 e. The first-order valence-electron chi connectivity index (χ1n) is 10.7. The Hall–Kier alpha value is -1.91. The average Bonchev–Trinajstić information content (AvgIpc) is 3.26. The van der Waals surface area contributed by atoms with Crippen molar-refractivity contribution in [3.63, 3.8) is 0 Å². The predicted octanol–water partition coefficient (Wildman–Crippen LogP) is 1.93. The van der Waals surface area contributed by atoms with E-state index in [0.29, 0.717) is 37.5 Å². The van der Waals surface area contributed by atoms with Crippen molar-refractivity contribution in [2.75, 3.05) is 42.6 Å². The van der Waals surface area contributed by atoms with Crippen LogP contribution in [-0.2, 0) is 26.3 Å². The molecular weight excluding hydrogens is 436 g/mol. The number of hydrogen-bond acceptors (Lipinski definition) is 6. The third-order valence-corrected chi connectivity index (χ3v) is 10.0. The Morgan fingerprint density at radius 1 is 1.06 bits per heavy atom. The third-order valence-electron chi connectivity index (χ3n) is 6.37. The van der Waals surface area contributed by atoms with Crippen LogP contribution in [0.5, 0.6) is 0 Å². The summed E-state index contributed by atoms with van der Waals surface area (Å²) in [6, 6.07) is 6.99. The molecule has 0 radical (unpaired) electrons. The summed E-state index contributed by atoms with van der Waals surface area (Å²) in [6.07, 6.45) is 1.46. The largest absolute Gasteiger partial charge is 0.366 e. The van der Waals surface area contributed by atoms with Crippen LogP contribution < -0.4 is 4.90 Å². The first-order chi connectivity index (χ1) is 14.6. The zero-order chi connectivity index (χ0) is 22.4. The average molecular weight is 467 g/mol. The number of nitrogens with zero attached hydrogens (tertiary/aromatic N) is 4. The van der Waals surface area contributed by atoms with Gasteiger partial charge in [-0.2, -0.15) is 9.40 Å². The molecular formula is C21H30N4O4S2. The zero-order valence-corrected chi connectivity index (χ0v) is 19.9. The number of sulfonamides is 1. The molecule has 0 amide bonds. The number of benzene rings is 1. The number of rotatable bonds is 5. The predicted molar refractivity (Wildman–Crippen MR) is 121 cm³/mol. The molecule has 2 fully saturated rings. The fourth-order valence-electron chi connectivity index (χ4n) is 4.63. The maximum absolute atomic E-state index is 13.0. The Morgan fingerprint density at radius 3 is 2.26 bits per heavy atom. The van der Waals surface area contributed by atoms with Crippen molar-refractivity contribution in [1.82, 2.24) is 14.1 Å². The van der Waals surface area contributed by atoms with Crippen molar-refractivity contribution in [3.8, 4) is 0 Å². The lowest BCUT2D eigenvalue weighted by atomic mass is 10.2. The second kappa shape index (κ2) is 8.22. The SMILES string of the molecule is CCc1ccc(S(=O)(=O)N2CCN(c3c(C)nn(C4CCS(=O)(=O)C4)c3C)CC2)cc1. The maximum Gasteiger partial charge on any atom is 0.243 e. The number of aromatic nitrogens is 2. The van der Waals surface area contributed by atoms with Crippen LogP contribution >= 0.6 is 0 Å². The quantitative estimate of drug-likeness (QED) is 0.669. The van der Waals surface area contributed by atoms with E-state index in [1.165, 1.54) is 0 Å². The van der Waals surface area contributed by atoms with Crippen molar-refractivity contribution >= 4 is 25.5 Å². The van der Waals surface area contributed by atoms with E-state index in [9.17, 15) is 16.8 Å². The maximum atomic E-state index is 13.0. The molecule has 0 bridgehead atoms. The summed E-state index contributed by atoms with van der Waals surface area (Å²) in [5.74, 6) is 0.346. The van der Waals surface area contributed by atoms with E-state index < -0.39 is 19.9 Å². The molecule has 10 heteroatoms. The van der Waals surface area contributed by atoms with E-state index >= 15 is 0 Å². The fourth-order valence-corrected chi connectivity index (χ4v) is 7.75. The number of anilines is 1. The summed E-state index contributed by atoms with van der Waals surface area (Å²) < 4.78 is 53.2. The Balaban J connectivity index is 1.49. The topological polar surface area (TPSA) is 92.6 Å². The normalized spacial score (nSPS) is 22.2. The van der Waals surface area contributed by atoms with Crippen LogP contribution in [-0.4, -0.2) is 68.6 Å². The number of piperazine rings is 1. The van der Waals surface area contributed by atoms with Crippen LogP contribution in [0.1, 0.15) is 36.3 Å². The van der Waals surface area contributed by atoms with E-state index in [0.717, 1.165) is 29.1 Å². The molecule has 0 aliphatic carbocycles. The molecule has 1 aromatic carbocycles. The van der Waals surface area contributed by atoms with Gasteiger partial charge in [-0.15, -0.1) is 0 Å². The van der Waals surface area contributed by atoms with Gasteiger partial charge >= 0.3 is 0 Å². The van der Waals surface area contributed by atoms with Gasteiger partial charge < -0.3 is 4.90 Å². The molecule has 2 aliphatic rings. The van der Waals surface area contributed by atoms with Crippen LogP contribution in [0.25, 0.3) is 0 Å². The fraction of sp³-hybridized carbons (Fsp3) is 0.571. The molecule has 2 aliphatic heterocycles. The van der Waals surface area contributed by atoms with Crippen LogP contribution in [0.4, 0.5) is 5.69 Å². The van der Waals surface area contributed by atoms with E-state index in [2.05, 4.69) is 10.00 Å². The molecule has 170 valence electrons. The van der Waals surface area contributed by atoms with Gasteiger partial charge in [0, 0.05) is 26.2 Å². The second-order valence-corrected chi connectivity index (χ2v) is 12.6. The highest BCUT2D eigenvalue weighted by molar-refractivity contribution is 7.91. The molecule has 31 heavy (non-hydrogen) atoms. The summed E-state index contributed by atoms with van der Waals surface area (Å²) in [7, 11) is -6.51. The molecule has 0 saturated carbocycles. The van der Waals surface area contributed by atoms with Crippen LogP contribution in [0, 0.1) is 13.8 Å². The molecule has 8 nitrogen and oxygen atoms in total. The van der Waals surface area contributed by atoms with Crippen molar-refractivity contribution < 1.29 is 16.8 Å². The lowest BCUT2D eigenvalue weighted by Gasteiger charge is -2.35. The minimum absolute atomic E-state index is 0.120. The van der Waals surface area contributed by atoms with Crippen molar-refractivity contribution in [3.05, 3.63) is 41.2 Å². The molecule has 4 rings (SSSR count). The molecule has 1 aromatic heterocycles. The Bertz CT molecular complexity index is 1160. The summed E-state index contributed by atoms with van der Waals surface area (Å²) in [6.45, 7) is 7.89. The summed E-state index contributed by atoms with van der Waals surface area (Å²) in [5.41, 5.74) is 3.91. The number of sulfone groups is 1. The molecule has 1 atom stereocenters. The Morgan fingerprint density at radius 2 is 1.71 bits per heavy atom. The van der Waals surface area contributed by atoms with Crippen LogP contribution in [0.3, 0.4) is 0 Å². The number of hydrogen-bond donors (Lipinski definition) is 0.